The van der Waals surface area contributed by atoms with Gasteiger partial charge in [-0.2, -0.15) is 4.98 Å². The van der Waals surface area contributed by atoms with Crippen LogP contribution in [0.15, 0.2) is 49.0 Å². The number of halogens is 1. The van der Waals surface area contributed by atoms with Gasteiger partial charge in [0.1, 0.15) is 11.5 Å². The molecule has 0 aliphatic carbocycles. The molecule has 2 aromatic carbocycles. The molecule has 0 amide bonds. The van der Waals surface area contributed by atoms with Crippen molar-refractivity contribution in [3.05, 3.63) is 77.4 Å². The molecule has 0 aliphatic heterocycles. The number of imidazole rings is 1. The van der Waals surface area contributed by atoms with Crippen molar-refractivity contribution in [1.82, 2.24) is 9.55 Å². The van der Waals surface area contributed by atoms with Gasteiger partial charge < -0.3 is 9.84 Å². The van der Waals surface area contributed by atoms with Crippen LogP contribution in [0.5, 0.6) is 6.01 Å². The summed E-state index contributed by atoms with van der Waals surface area (Å²) in [6.07, 6.45) is 2.06. The monoisotopic (exact) mass is 394 g/mol. The molecule has 29 heavy (non-hydrogen) atoms. The Morgan fingerprint density at radius 1 is 1.31 bits per heavy atom. The fourth-order valence-corrected chi connectivity index (χ4v) is 3.06. The minimum Gasteiger partial charge on any atom is -0.478 e. The number of hydrogen-bond donors (Lipinski definition) is 1. The molecule has 0 aliphatic rings. The van der Waals surface area contributed by atoms with Crippen LogP contribution in [0.3, 0.4) is 0 Å². The minimum atomic E-state index is -1.09. The van der Waals surface area contributed by atoms with Crippen LogP contribution in [-0.2, 0) is 6.54 Å². The molecule has 0 atom stereocenters. The first kappa shape index (κ1) is 20.0. The summed E-state index contributed by atoms with van der Waals surface area (Å²) in [5.41, 5.74) is 1.86. The number of aromatic carboxylic acids is 1. The Morgan fingerprint density at radius 3 is 2.69 bits per heavy atom. The summed E-state index contributed by atoms with van der Waals surface area (Å²) in [5, 5.41) is 9.35. The van der Waals surface area contributed by atoms with Gasteiger partial charge in [-0.05, 0) is 36.3 Å². The van der Waals surface area contributed by atoms with E-state index in [-0.39, 0.29) is 23.8 Å². The fourth-order valence-electron chi connectivity index (χ4n) is 3.06. The highest BCUT2D eigenvalue weighted by Gasteiger charge is 2.18. The Bertz CT molecular complexity index is 1090. The van der Waals surface area contributed by atoms with Crippen molar-refractivity contribution in [2.45, 2.75) is 13.5 Å². The lowest BCUT2D eigenvalue weighted by molar-refractivity contribution is 0.0697. The number of nitrogens with zero attached hydrogens (tertiary/aromatic N) is 2. The van der Waals surface area contributed by atoms with Crippen LogP contribution in [0, 0.1) is 5.82 Å². The van der Waals surface area contributed by atoms with Crippen molar-refractivity contribution < 1.29 is 23.8 Å². The number of aldehydes is 1. The molecule has 6 nitrogen and oxygen atoms in total. The molecule has 0 bridgehead atoms. The quantitative estimate of drug-likeness (QED) is 0.577. The number of carboxylic acids is 1. The molecule has 1 aromatic heterocycles. The summed E-state index contributed by atoms with van der Waals surface area (Å²) in [6.45, 7) is 5.77. The van der Waals surface area contributed by atoms with Gasteiger partial charge in [0.25, 0.3) is 6.01 Å². The molecular weight excluding hydrogens is 375 g/mol. The highest BCUT2D eigenvalue weighted by Crippen LogP contribution is 2.27. The zero-order valence-corrected chi connectivity index (χ0v) is 15.8. The van der Waals surface area contributed by atoms with Gasteiger partial charge >= 0.3 is 5.97 Å². The number of carbonyl (C=O) groups excluding carboxylic acids is 1. The van der Waals surface area contributed by atoms with Crippen molar-refractivity contribution in [2.24, 2.45) is 0 Å². The minimum absolute atomic E-state index is 0.0247. The maximum Gasteiger partial charge on any atom is 0.336 e. The van der Waals surface area contributed by atoms with E-state index in [0.717, 1.165) is 0 Å². The van der Waals surface area contributed by atoms with Crippen LogP contribution >= 0.6 is 0 Å². The zero-order valence-electron chi connectivity index (χ0n) is 15.8. The van der Waals surface area contributed by atoms with Gasteiger partial charge in [-0.25, -0.2) is 9.18 Å². The van der Waals surface area contributed by atoms with Crippen molar-refractivity contribution >= 4 is 18.3 Å². The molecule has 0 saturated carbocycles. The van der Waals surface area contributed by atoms with Gasteiger partial charge in [-0.3, -0.25) is 9.36 Å². The Hall–Kier alpha value is -3.74. The van der Waals surface area contributed by atoms with Crippen molar-refractivity contribution in [1.29, 1.82) is 0 Å². The smallest absolute Gasteiger partial charge is 0.336 e. The Balaban J connectivity index is 2.01. The van der Waals surface area contributed by atoms with Crippen LogP contribution in [0.4, 0.5) is 4.39 Å². The van der Waals surface area contributed by atoms with E-state index in [0.29, 0.717) is 35.3 Å². The molecule has 0 spiro atoms. The first-order valence-electron chi connectivity index (χ1n) is 8.92. The first-order valence-corrected chi connectivity index (χ1v) is 8.92. The summed E-state index contributed by atoms with van der Waals surface area (Å²) in [6, 6.07) is 11.1. The predicted molar refractivity (Wildman–Crippen MR) is 107 cm³/mol. The van der Waals surface area contributed by atoms with E-state index in [1.807, 2.05) is 0 Å². The second-order valence-electron chi connectivity index (χ2n) is 6.16. The summed E-state index contributed by atoms with van der Waals surface area (Å²) in [5.74, 6) is -1.62. The van der Waals surface area contributed by atoms with Crippen LogP contribution in [0.25, 0.3) is 17.2 Å². The third-order valence-electron chi connectivity index (χ3n) is 4.43. The summed E-state index contributed by atoms with van der Waals surface area (Å²) in [4.78, 5) is 27.2. The Labute approximate surface area is 166 Å². The van der Waals surface area contributed by atoms with E-state index < -0.39 is 11.8 Å². The number of rotatable bonds is 8. The molecule has 148 valence electrons. The number of aromatic nitrogens is 2. The molecule has 3 aromatic rings. The van der Waals surface area contributed by atoms with Crippen molar-refractivity contribution in [3.8, 4) is 17.1 Å². The van der Waals surface area contributed by atoms with Crippen molar-refractivity contribution in [3.63, 3.8) is 0 Å². The topological polar surface area (TPSA) is 81.4 Å². The fraction of sp³-hybridized carbons (Fsp3) is 0.136. The average Bonchev–Trinajstić information content (AvgIpc) is 3.06. The van der Waals surface area contributed by atoms with Crippen LogP contribution in [0.2, 0.25) is 0 Å². The molecule has 1 N–H and O–H groups in total. The van der Waals surface area contributed by atoms with Gasteiger partial charge in [0.2, 0.25) is 0 Å². The molecule has 0 radical (unpaired) electrons. The second kappa shape index (κ2) is 8.52. The van der Waals surface area contributed by atoms with Gasteiger partial charge in [0, 0.05) is 5.56 Å². The number of benzene rings is 2. The van der Waals surface area contributed by atoms with Crippen LogP contribution in [0.1, 0.15) is 39.0 Å². The molecule has 0 fully saturated rings. The summed E-state index contributed by atoms with van der Waals surface area (Å²) in [7, 11) is 0. The molecule has 0 saturated heterocycles. The molecule has 7 heteroatoms. The van der Waals surface area contributed by atoms with Crippen LogP contribution < -0.4 is 4.74 Å². The first-order chi connectivity index (χ1) is 14.0. The highest BCUT2D eigenvalue weighted by molar-refractivity contribution is 5.96. The largest absolute Gasteiger partial charge is 0.478 e. The lowest BCUT2D eigenvalue weighted by atomic mass is 9.98. The maximum absolute atomic E-state index is 14.9. The lowest BCUT2D eigenvalue weighted by Gasteiger charge is -2.12. The van der Waals surface area contributed by atoms with E-state index in [1.165, 1.54) is 22.8 Å². The SMILES string of the molecule is C=Cc1nc(OCC)n(Cc2ccc(-c3ccccc3C(=O)O)cc2F)c1C=O. The van der Waals surface area contributed by atoms with E-state index in [4.69, 9.17) is 4.74 Å². The number of hydrogen-bond acceptors (Lipinski definition) is 4. The summed E-state index contributed by atoms with van der Waals surface area (Å²) < 4.78 is 21.8. The summed E-state index contributed by atoms with van der Waals surface area (Å²) >= 11 is 0. The average molecular weight is 394 g/mol. The van der Waals surface area contributed by atoms with Gasteiger partial charge in [-0.15, -0.1) is 0 Å². The maximum atomic E-state index is 14.9. The van der Waals surface area contributed by atoms with Gasteiger partial charge in [-0.1, -0.05) is 36.9 Å². The van der Waals surface area contributed by atoms with E-state index >= 15 is 0 Å². The second-order valence-corrected chi connectivity index (χ2v) is 6.16. The van der Waals surface area contributed by atoms with E-state index in [1.54, 1.807) is 37.3 Å². The standard InChI is InChI=1S/C22H19FN2O4/c1-3-19-20(13-26)25(22(24-19)29-4-2)12-15-10-9-14(11-18(15)23)16-7-5-6-8-17(16)21(27)28/h3,5-11,13H,1,4,12H2,2H3,(H,27,28). The van der Waals surface area contributed by atoms with Gasteiger partial charge in [0.05, 0.1) is 24.4 Å². The molecule has 3 rings (SSSR count). The molecule has 0 unspecified atom stereocenters. The van der Waals surface area contributed by atoms with Crippen LogP contribution in [-0.4, -0.2) is 33.5 Å². The number of carboxylic acid groups (broad SMARTS) is 1. The molecular formula is C22H19FN2O4. The molecule has 1 heterocycles. The van der Waals surface area contributed by atoms with Crippen molar-refractivity contribution in [2.75, 3.05) is 6.61 Å². The Kier molecular flexibility index (Phi) is 5.87. The Morgan fingerprint density at radius 2 is 2.07 bits per heavy atom. The van der Waals surface area contributed by atoms with E-state index in [2.05, 4.69) is 11.6 Å². The lowest BCUT2D eigenvalue weighted by Crippen LogP contribution is -2.09. The highest BCUT2D eigenvalue weighted by atomic mass is 19.1. The third-order valence-corrected chi connectivity index (χ3v) is 4.43. The predicted octanol–water partition coefficient (Wildman–Crippen LogP) is 4.29. The zero-order chi connectivity index (χ0) is 21.0. The number of ether oxygens (including phenoxy) is 1. The number of carbonyl (C=O) groups is 2. The van der Waals surface area contributed by atoms with E-state index in [9.17, 15) is 19.1 Å². The normalized spacial score (nSPS) is 10.6. The third kappa shape index (κ3) is 3.94. The van der Waals surface area contributed by atoms with Gasteiger partial charge in [0.15, 0.2) is 6.29 Å².